The van der Waals surface area contributed by atoms with Crippen LogP contribution in [0.3, 0.4) is 0 Å². The first-order chi connectivity index (χ1) is 9.70. The van der Waals surface area contributed by atoms with E-state index in [1.54, 1.807) is 0 Å². The minimum absolute atomic E-state index is 0. The van der Waals surface area contributed by atoms with Gasteiger partial charge in [-0.05, 0) is 43.5 Å². The summed E-state index contributed by atoms with van der Waals surface area (Å²) in [5.41, 5.74) is 0.753. The molecule has 1 saturated heterocycles. The molecule has 1 aliphatic carbocycles. The van der Waals surface area contributed by atoms with Crippen molar-refractivity contribution in [3.63, 3.8) is 0 Å². The second kappa shape index (κ2) is 6.75. The van der Waals surface area contributed by atoms with E-state index in [-0.39, 0.29) is 35.6 Å². The van der Waals surface area contributed by atoms with E-state index in [1.807, 2.05) is 12.1 Å². The molecule has 2 N–H and O–H groups in total. The van der Waals surface area contributed by atoms with Crippen molar-refractivity contribution >= 4 is 18.3 Å². The monoisotopic (exact) mass is 312 g/mol. The van der Waals surface area contributed by atoms with Gasteiger partial charge in [0.15, 0.2) is 0 Å². The van der Waals surface area contributed by atoms with E-state index in [1.165, 1.54) is 12.1 Å². The zero-order chi connectivity index (χ0) is 14.0. The molecule has 1 aromatic rings. The highest BCUT2D eigenvalue weighted by Crippen LogP contribution is 2.39. The summed E-state index contributed by atoms with van der Waals surface area (Å²) < 4.78 is 13.1. The van der Waals surface area contributed by atoms with E-state index in [9.17, 15) is 9.18 Å². The number of hydrogen-bond donors (Lipinski definition) is 2. The van der Waals surface area contributed by atoms with Crippen LogP contribution in [0, 0.1) is 11.7 Å². The van der Waals surface area contributed by atoms with Crippen LogP contribution < -0.4 is 10.6 Å². The number of nitrogens with one attached hydrogen (secondary N) is 2. The van der Waals surface area contributed by atoms with Crippen LogP contribution in [-0.2, 0) is 10.3 Å². The SMILES string of the molecule is Cl.O=C(NC1(c2ccc(F)cc2)CCCC1)C1CCNC1. The maximum atomic E-state index is 13.1. The molecule has 2 aliphatic rings. The highest BCUT2D eigenvalue weighted by atomic mass is 35.5. The predicted molar refractivity (Wildman–Crippen MR) is 82.9 cm³/mol. The Morgan fingerprint density at radius 1 is 1.24 bits per heavy atom. The Balaban J connectivity index is 0.00000161. The van der Waals surface area contributed by atoms with Crippen LogP contribution in [0.5, 0.6) is 0 Å². The lowest BCUT2D eigenvalue weighted by molar-refractivity contribution is -0.126. The number of carbonyl (C=O) groups is 1. The van der Waals surface area contributed by atoms with Gasteiger partial charge in [0.2, 0.25) is 5.91 Å². The Hall–Kier alpha value is -1.13. The Morgan fingerprint density at radius 3 is 2.48 bits per heavy atom. The van der Waals surface area contributed by atoms with E-state index >= 15 is 0 Å². The highest BCUT2D eigenvalue weighted by Gasteiger charge is 2.38. The van der Waals surface area contributed by atoms with Gasteiger partial charge in [-0.25, -0.2) is 4.39 Å². The number of halogens is 2. The second-order valence-corrected chi connectivity index (χ2v) is 5.98. The van der Waals surface area contributed by atoms with E-state index in [0.717, 1.165) is 50.8 Å². The molecule has 116 valence electrons. The fourth-order valence-electron chi connectivity index (χ4n) is 3.45. The average Bonchev–Trinajstić information content (AvgIpc) is 3.10. The van der Waals surface area contributed by atoms with Gasteiger partial charge in [-0.3, -0.25) is 4.79 Å². The molecule has 0 spiro atoms. The molecule has 1 aliphatic heterocycles. The molecule has 1 unspecified atom stereocenters. The number of benzene rings is 1. The van der Waals surface area contributed by atoms with Gasteiger partial charge < -0.3 is 10.6 Å². The molecule has 3 nitrogen and oxygen atoms in total. The molecule has 2 fully saturated rings. The minimum Gasteiger partial charge on any atom is -0.346 e. The van der Waals surface area contributed by atoms with Gasteiger partial charge in [0, 0.05) is 6.54 Å². The molecular formula is C16H22ClFN2O. The van der Waals surface area contributed by atoms with Crippen molar-refractivity contribution in [1.82, 2.24) is 10.6 Å². The molecule has 5 heteroatoms. The van der Waals surface area contributed by atoms with Gasteiger partial charge in [-0.2, -0.15) is 0 Å². The fourth-order valence-corrected chi connectivity index (χ4v) is 3.45. The summed E-state index contributed by atoms with van der Waals surface area (Å²) in [5.74, 6) is -0.0117. The summed E-state index contributed by atoms with van der Waals surface area (Å²) in [5, 5.41) is 6.50. The minimum atomic E-state index is -0.284. The summed E-state index contributed by atoms with van der Waals surface area (Å²) in [6.45, 7) is 1.69. The molecule has 0 bridgehead atoms. The Morgan fingerprint density at radius 2 is 1.90 bits per heavy atom. The molecule has 1 amide bonds. The zero-order valence-corrected chi connectivity index (χ0v) is 12.8. The van der Waals surface area contributed by atoms with Gasteiger partial charge >= 0.3 is 0 Å². The lowest BCUT2D eigenvalue weighted by Crippen LogP contribution is -2.46. The van der Waals surface area contributed by atoms with Gasteiger partial charge in [-0.1, -0.05) is 25.0 Å². The predicted octanol–water partition coefficient (Wildman–Crippen LogP) is 2.74. The standard InChI is InChI=1S/C16H21FN2O.ClH/c17-14-5-3-13(4-6-14)16(8-1-2-9-16)19-15(20)12-7-10-18-11-12;/h3-6,12,18H,1-2,7-11H2,(H,19,20);1H. The molecule has 1 atom stereocenters. The van der Waals surface area contributed by atoms with Gasteiger partial charge in [-0.15, -0.1) is 12.4 Å². The van der Waals surface area contributed by atoms with Crippen molar-refractivity contribution in [2.75, 3.05) is 13.1 Å². The Kier molecular flexibility index (Phi) is 5.22. The van der Waals surface area contributed by atoms with Crippen LogP contribution in [0.1, 0.15) is 37.7 Å². The fraction of sp³-hybridized carbons (Fsp3) is 0.562. The number of hydrogen-bond acceptors (Lipinski definition) is 2. The third kappa shape index (κ3) is 3.38. The van der Waals surface area contributed by atoms with Crippen molar-refractivity contribution in [2.45, 2.75) is 37.6 Å². The lowest BCUT2D eigenvalue weighted by Gasteiger charge is -2.32. The smallest absolute Gasteiger partial charge is 0.225 e. The van der Waals surface area contributed by atoms with Crippen molar-refractivity contribution in [2.24, 2.45) is 5.92 Å². The first kappa shape index (κ1) is 16.2. The summed E-state index contributed by atoms with van der Waals surface area (Å²) in [7, 11) is 0. The molecule has 0 aromatic heterocycles. The maximum Gasteiger partial charge on any atom is 0.225 e. The number of amides is 1. The second-order valence-electron chi connectivity index (χ2n) is 5.98. The molecule has 0 radical (unpaired) electrons. The average molecular weight is 313 g/mol. The van der Waals surface area contributed by atoms with Crippen molar-refractivity contribution in [3.05, 3.63) is 35.6 Å². The lowest BCUT2D eigenvalue weighted by atomic mass is 9.87. The van der Waals surface area contributed by atoms with Crippen molar-refractivity contribution in [1.29, 1.82) is 0 Å². The molecular weight excluding hydrogens is 291 g/mol. The van der Waals surface area contributed by atoms with Crippen LogP contribution in [0.2, 0.25) is 0 Å². The van der Waals surface area contributed by atoms with E-state index in [2.05, 4.69) is 10.6 Å². The van der Waals surface area contributed by atoms with Crippen molar-refractivity contribution < 1.29 is 9.18 Å². The third-order valence-electron chi connectivity index (χ3n) is 4.65. The third-order valence-corrected chi connectivity index (χ3v) is 4.65. The quantitative estimate of drug-likeness (QED) is 0.901. The Bertz CT molecular complexity index is 480. The summed E-state index contributed by atoms with van der Waals surface area (Å²) in [6, 6.07) is 6.60. The number of carbonyl (C=O) groups excluding carboxylic acids is 1. The van der Waals surface area contributed by atoms with E-state index < -0.39 is 0 Å². The normalized spacial score (nSPS) is 23.6. The maximum absolute atomic E-state index is 13.1. The number of rotatable bonds is 3. The van der Waals surface area contributed by atoms with Gasteiger partial charge in [0.1, 0.15) is 5.82 Å². The van der Waals surface area contributed by atoms with E-state index in [0.29, 0.717) is 0 Å². The highest BCUT2D eigenvalue weighted by molar-refractivity contribution is 5.85. The summed E-state index contributed by atoms with van der Waals surface area (Å²) in [4.78, 5) is 12.4. The van der Waals surface area contributed by atoms with Crippen LogP contribution in [0.4, 0.5) is 4.39 Å². The topological polar surface area (TPSA) is 41.1 Å². The first-order valence-electron chi connectivity index (χ1n) is 7.48. The van der Waals surface area contributed by atoms with E-state index in [4.69, 9.17) is 0 Å². The van der Waals surface area contributed by atoms with Crippen LogP contribution in [0.25, 0.3) is 0 Å². The van der Waals surface area contributed by atoms with Crippen LogP contribution in [-0.4, -0.2) is 19.0 Å². The van der Waals surface area contributed by atoms with Crippen LogP contribution in [0.15, 0.2) is 24.3 Å². The van der Waals surface area contributed by atoms with Gasteiger partial charge in [0.25, 0.3) is 0 Å². The molecule has 1 aromatic carbocycles. The molecule has 1 saturated carbocycles. The molecule has 3 rings (SSSR count). The molecule has 1 heterocycles. The van der Waals surface area contributed by atoms with Gasteiger partial charge in [0.05, 0.1) is 11.5 Å². The first-order valence-corrected chi connectivity index (χ1v) is 7.48. The summed E-state index contributed by atoms with van der Waals surface area (Å²) in [6.07, 6.45) is 5.03. The van der Waals surface area contributed by atoms with Crippen molar-refractivity contribution in [3.8, 4) is 0 Å². The largest absolute Gasteiger partial charge is 0.346 e. The zero-order valence-electron chi connectivity index (χ0n) is 12.0. The summed E-state index contributed by atoms with van der Waals surface area (Å²) >= 11 is 0. The Labute approximate surface area is 131 Å². The molecule has 21 heavy (non-hydrogen) atoms. The van der Waals surface area contributed by atoms with Crippen LogP contribution >= 0.6 is 12.4 Å².